The second-order valence-electron chi connectivity index (χ2n) is 9.04. The van der Waals surface area contributed by atoms with Gasteiger partial charge in [-0.3, -0.25) is 9.78 Å². The molecule has 0 aromatic carbocycles. The number of aromatic amines is 1. The van der Waals surface area contributed by atoms with Crippen LogP contribution in [0.4, 0.5) is 17.6 Å². The van der Waals surface area contributed by atoms with E-state index < -0.39 is 17.3 Å². The largest absolute Gasteiger partial charge is 0.358 e. The predicted molar refractivity (Wildman–Crippen MR) is 96.7 cm³/mol. The number of nitrogens with zero attached hydrogens (tertiary/aromatic N) is 1. The number of nitrogens with one attached hydrogen (secondary N) is 1. The highest BCUT2D eigenvalue weighted by Crippen LogP contribution is 2.73. The fourth-order valence-electron chi connectivity index (χ4n) is 5.71. The molecular formula is C21H22F4N2O. The summed E-state index contributed by atoms with van der Waals surface area (Å²) in [6.45, 7) is 0. The fraction of sp³-hybridized carbons (Fsp3) is 0.619. The van der Waals surface area contributed by atoms with Crippen molar-refractivity contribution < 1.29 is 17.6 Å². The maximum Gasteiger partial charge on any atom is 0.254 e. The van der Waals surface area contributed by atoms with E-state index in [0.29, 0.717) is 42.3 Å². The molecule has 3 aliphatic carbocycles. The van der Waals surface area contributed by atoms with Crippen LogP contribution in [0.2, 0.25) is 0 Å². The molecule has 2 aromatic heterocycles. The zero-order valence-corrected chi connectivity index (χ0v) is 15.4. The lowest BCUT2D eigenvalue weighted by atomic mass is 9.73. The highest BCUT2D eigenvalue weighted by atomic mass is 19.3. The lowest BCUT2D eigenvalue weighted by Gasteiger charge is -2.35. The summed E-state index contributed by atoms with van der Waals surface area (Å²) in [6.07, 6.45) is 3.97. The van der Waals surface area contributed by atoms with Crippen LogP contribution in [0.3, 0.4) is 0 Å². The number of hydrogen-bond acceptors (Lipinski definition) is 2. The van der Waals surface area contributed by atoms with Crippen LogP contribution in [0.15, 0.2) is 29.3 Å². The van der Waals surface area contributed by atoms with Crippen LogP contribution < -0.4 is 5.43 Å². The molecule has 0 aliphatic heterocycles. The van der Waals surface area contributed by atoms with Gasteiger partial charge in [-0.25, -0.2) is 17.6 Å². The lowest BCUT2D eigenvalue weighted by Crippen LogP contribution is -2.30. The molecule has 2 aromatic rings. The highest BCUT2D eigenvalue weighted by molar-refractivity contribution is 5.77. The molecule has 2 unspecified atom stereocenters. The van der Waals surface area contributed by atoms with Crippen LogP contribution in [0.5, 0.6) is 0 Å². The number of pyridine rings is 2. The van der Waals surface area contributed by atoms with Crippen LogP contribution in [-0.4, -0.2) is 21.8 Å². The van der Waals surface area contributed by atoms with E-state index in [1.807, 2.05) is 0 Å². The van der Waals surface area contributed by atoms with E-state index >= 15 is 0 Å². The van der Waals surface area contributed by atoms with Crippen LogP contribution in [0.25, 0.3) is 10.9 Å². The van der Waals surface area contributed by atoms with E-state index in [1.165, 1.54) is 12.3 Å². The summed E-state index contributed by atoms with van der Waals surface area (Å²) in [5, 5.41) is 0.463. The minimum atomic E-state index is -2.68. The molecule has 3 saturated carbocycles. The molecule has 0 radical (unpaired) electrons. The average molecular weight is 394 g/mol. The van der Waals surface area contributed by atoms with Crippen molar-refractivity contribution in [3.63, 3.8) is 0 Å². The van der Waals surface area contributed by atoms with Crippen LogP contribution >= 0.6 is 0 Å². The molecule has 3 aliphatic rings. The first-order valence-electron chi connectivity index (χ1n) is 9.92. The molecular weight excluding hydrogens is 372 g/mol. The molecule has 28 heavy (non-hydrogen) atoms. The fourth-order valence-corrected chi connectivity index (χ4v) is 5.71. The predicted octanol–water partition coefficient (Wildman–Crippen LogP) is 5.27. The van der Waals surface area contributed by atoms with Crippen LogP contribution in [0.1, 0.15) is 56.6 Å². The number of aromatic nitrogens is 2. The third-order valence-electron chi connectivity index (χ3n) is 7.38. The molecule has 1 spiro atoms. The van der Waals surface area contributed by atoms with Crippen molar-refractivity contribution in [3.05, 3.63) is 40.4 Å². The zero-order valence-electron chi connectivity index (χ0n) is 15.4. The molecule has 7 heteroatoms. The first kappa shape index (κ1) is 18.1. The molecule has 1 N–H and O–H groups in total. The van der Waals surface area contributed by atoms with Crippen molar-refractivity contribution in [1.82, 2.24) is 9.97 Å². The third-order valence-corrected chi connectivity index (χ3v) is 7.38. The normalized spacial score (nSPS) is 34.1. The molecule has 3 atom stereocenters. The van der Waals surface area contributed by atoms with Gasteiger partial charge in [0.2, 0.25) is 5.92 Å². The van der Waals surface area contributed by atoms with E-state index in [9.17, 15) is 22.4 Å². The average Bonchev–Trinajstić information content (AvgIpc) is 2.97. The van der Waals surface area contributed by atoms with E-state index in [0.717, 1.165) is 0 Å². The van der Waals surface area contributed by atoms with Gasteiger partial charge in [0.1, 0.15) is 0 Å². The summed E-state index contributed by atoms with van der Waals surface area (Å²) in [7, 11) is 0. The lowest BCUT2D eigenvalue weighted by molar-refractivity contribution is -0.0534. The Hall–Kier alpha value is -1.92. The Balaban J connectivity index is 1.51. The van der Waals surface area contributed by atoms with Crippen molar-refractivity contribution in [2.75, 3.05) is 0 Å². The zero-order chi connectivity index (χ0) is 19.7. The van der Waals surface area contributed by atoms with E-state index in [1.54, 1.807) is 12.3 Å². The Morgan fingerprint density at radius 1 is 1.11 bits per heavy atom. The molecule has 0 amide bonds. The van der Waals surface area contributed by atoms with Gasteiger partial charge in [-0.2, -0.15) is 0 Å². The van der Waals surface area contributed by atoms with Gasteiger partial charge in [0, 0.05) is 54.7 Å². The number of H-pyrrole nitrogens is 1. The van der Waals surface area contributed by atoms with Crippen LogP contribution in [-0.2, 0) is 0 Å². The first-order chi connectivity index (χ1) is 13.2. The number of rotatable bonds is 2. The monoisotopic (exact) mass is 394 g/mol. The first-order valence-corrected chi connectivity index (χ1v) is 9.92. The molecule has 3 fully saturated rings. The second-order valence-corrected chi connectivity index (χ2v) is 9.04. The van der Waals surface area contributed by atoms with Gasteiger partial charge >= 0.3 is 0 Å². The quantitative estimate of drug-likeness (QED) is 0.706. The standard InChI is InChI=1S/C21H22F4N2O/c22-20(23)4-1-12(2-5-20)13-8-19(11-21(19,24)25)9-14(13)17-7-18(28)15-10-26-6-3-16(15)27-17/h3,6-7,10,12-14H,1-2,4-5,8-9,11H2,(H,27,28)/t13?,14-,19?/m1/s1. The van der Waals surface area contributed by atoms with E-state index in [4.69, 9.17) is 0 Å². The second kappa shape index (κ2) is 5.80. The number of hydrogen-bond donors (Lipinski definition) is 1. The van der Waals surface area contributed by atoms with Gasteiger partial charge < -0.3 is 4.98 Å². The summed E-state index contributed by atoms with van der Waals surface area (Å²) in [4.78, 5) is 19.7. The van der Waals surface area contributed by atoms with Crippen molar-refractivity contribution in [2.24, 2.45) is 17.3 Å². The maximum atomic E-state index is 14.2. The van der Waals surface area contributed by atoms with Crippen molar-refractivity contribution in [3.8, 4) is 0 Å². The molecule has 150 valence electrons. The van der Waals surface area contributed by atoms with Gasteiger partial charge in [0.05, 0.1) is 10.9 Å². The van der Waals surface area contributed by atoms with Gasteiger partial charge in [-0.1, -0.05) is 0 Å². The topological polar surface area (TPSA) is 45.8 Å². The Bertz CT molecular complexity index is 978. The Labute approximate surface area is 159 Å². The summed E-state index contributed by atoms with van der Waals surface area (Å²) in [6, 6.07) is 3.20. The summed E-state index contributed by atoms with van der Waals surface area (Å²) in [5.41, 5.74) is 0.0849. The summed E-state index contributed by atoms with van der Waals surface area (Å²) < 4.78 is 55.6. The molecule has 2 heterocycles. The third kappa shape index (κ3) is 2.77. The van der Waals surface area contributed by atoms with Crippen molar-refractivity contribution in [1.29, 1.82) is 0 Å². The minimum absolute atomic E-state index is 0.00274. The SMILES string of the molecule is O=c1cc([C@@H]2CC3(CC2C2CCC(F)(F)CC2)CC3(F)F)[nH]c2ccncc12. The number of alkyl halides is 4. The van der Waals surface area contributed by atoms with Gasteiger partial charge in [0.15, 0.2) is 5.43 Å². The van der Waals surface area contributed by atoms with Crippen molar-refractivity contribution >= 4 is 10.9 Å². The Kier molecular flexibility index (Phi) is 3.75. The van der Waals surface area contributed by atoms with Gasteiger partial charge in [-0.15, -0.1) is 0 Å². The summed E-state index contributed by atoms with van der Waals surface area (Å²) in [5.74, 6) is -5.65. The number of fused-ring (bicyclic) bond motifs is 1. The summed E-state index contributed by atoms with van der Waals surface area (Å²) >= 11 is 0. The Morgan fingerprint density at radius 2 is 1.82 bits per heavy atom. The van der Waals surface area contributed by atoms with E-state index in [2.05, 4.69) is 9.97 Å². The minimum Gasteiger partial charge on any atom is -0.358 e. The van der Waals surface area contributed by atoms with Gasteiger partial charge in [-0.05, 0) is 43.6 Å². The highest BCUT2D eigenvalue weighted by Gasteiger charge is 2.74. The molecule has 0 saturated heterocycles. The smallest absolute Gasteiger partial charge is 0.254 e. The van der Waals surface area contributed by atoms with Crippen molar-refractivity contribution in [2.45, 2.75) is 62.7 Å². The molecule has 0 bridgehead atoms. The Morgan fingerprint density at radius 3 is 2.50 bits per heavy atom. The number of halogens is 4. The van der Waals surface area contributed by atoms with Gasteiger partial charge in [0.25, 0.3) is 5.92 Å². The molecule has 3 nitrogen and oxygen atoms in total. The maximum absolute atomic E-state index is 14.2. The van der Waals surface area contributed by atoms with Crippen LogP contribution in [0, 0.1) is 17.3 Å². The molecule has 5 rings (SSSR count). The van der Waals surface area contributed by atoms with E-state index in [-0.39, 0.29) is 42.4 Å².